The Labute approximate surface area is 600 Å². The lowest BCUT2D eigenvalue weighted by molar-refractivity contribution is -0.360. The van der Waals surface area contributed by atoms with Gasteiger partial charge in [-0.15, -0.1) is 0 Å². The van der Waals surface area contributed by atoms with Crippen molar-refractivity contribution in [3.63, 3.8) is 0 Å². The highest BCUT2D eigenvalue weighted by molar-refractivity contribution is 7.47. The van der Waals surface area contributed by atoms with E-state index < -0.39 is 156 Å². The maximum atomic E-state index is 14.4. The van der Waals surface area contributed by atoms with Crippen LogP contribution < -0.4 is 0 Å². The molecule has 18 unspecified atom stereocenters. The second-order valence-electron chi connectivity index (χ2n) is 28.8. The first-order chi connectivity index (χ1) is 48.3. The number of rotatable bonds is 63. The fraction of sp³-hybridized carbons (Fsp3) is 0.960. The smallest absolute Gasteiger partial charge is 0.463 e. The number of aliphatic hydroxyl groups excluding tert-OH is 10. The van der Waals surface area contributed by atoms with E-state index in [9.17, 15) is 74.9 Å². The molecule has 18 atom stereocenters. The van der Waals surface area contributed by atoms with Crippen molar-refractivity contribution in [2.45, 2.75) is 433 Å². The summed E-state index contributed by atoms with van der Waals surface area (Å²) < 4.78 is 65.2. The Balaban J connectivity index is 1.71. The number of aliphatic hydroxyl groups is 10. The van der Waals surface area contributed by atoms with E-state index in [4.69, 9.17) is 42.2 Å². The van der Waals surface area contributed by atoms with Crippen molar-refractivity contribution in [1.82, 2.24) is 0 Å². The molecule has 0 bridgehead atoms. The molecule has 2 aliphatic heterocycles. The molecular weight excluding hydrogens is 1320 g/mol. The number of phosphoric acid groups is 1. The molecule has 0 aromatic rings. The van der Waals surface area contributed by atoms with Crippen LogP contribution in [0, 0.1) is 0 Å². The lowest BCUT2D eigenvalue weighted by Gasteiger charge is -2.49. The van der Waals surface area contributed by atoms with Gasteiger partial charge in [0.15, 0.2) is 18.7 Å². The summed E-state index contributed by atoms with van der Waals surface area (Å²) in [6.07, 6.45) is 15.7. The van der Waals surface area contributed by atoms with Crippen LogP contribution in [0.15, 0.2) is 0 Å². The van der Waals surface area contributed by atoms with Gasteiger partial charge in [0, 0.05) is 19.3 Å². The summed E-state index contributed by atoms with van der Waals surface area (Å²) in [5.41, 5.74) is 0. The fourth-order valence-electron chi connectivity index (χ4n) is 13.4. The molecule has 24 nitrogen and oxygen atoms in total. The molecule has 25 heteroatoms. The summed E-state index contributed by atoms with van der Waals surface area (Å²) in [6.45, 7) is 3.50. The van der Waals surface area contributed by atoms with Crippen LogP contribution in [0.3, 0.4) is 0 Å². The number of esters is 3. The molecule has 11 N–H and O–H groups in total. The second kappa shape index (κ2) is 57.2. The van der Waals surface area contributed by atoms with E-state index in [-0.39, 0.29) is 19.3 Å². The average Bonchev–Trinajstić information content (AvgIpc) is 0.762. The van der Waals surface area contributed by atoms with Crippen molar-refractivity contribution in [2.75, 3.05) is 26.4 Å². The first-order valence-electron chi connectivity index (χ1n) is 39.8. The molecule has 590 valence electrons. The van der Waals surface area contributed by atoms with Crippen molar-refractivity contribution in [3.05, 3.63) is 0 Å². The van der Waals surface area contributed by atoms with Crippen LogP contribution in [-0.2, 0) is 61.2 Å². The Hall–Kier alpha value is -2.04. The second-order valence-corrected chi connectivity index (χ2v) is 30.2. The van der Waals surface area contributed by atoms with Gasteiger partial charge in [-0.3, -0.25) is 23.4 Å². The minimum atomic E-state index is -5.69. The number of hydrogen-bond acceptors (Lipinski definition) is 23. The zero-order valence-corrected chi connectivity index (χ0v) is 62.7. The van der Waals surface area contributed by atoms with Crippen molar-refractivity contribution in [2.24, 2.45) is 0 Å². The van der Waals surface area contributed by atoms with Crippen LogP contribution in [0.2, 0.25) is 0 Å². The summed E-state index contributed by atoms with van der Waals surface area (Å²) in [5, 5.41) is 110. The number of unbranched alkanes of at least 4 members (excludes halogenated alkanes) is 42. The summed E-state index contributed by atoms with van der Waals surface area (Å²) in [6, 6.07) is 0. The fourth-order valence-corrected chi connectivity index (χ4v) is 14.4. The van der Waals surface area contributed by atoms with Gasteiger partial charge in [0.1, 0.15) is 98.7 Å². The molecule has 0 radical (unpaired) electrons. The Bertz CT molecular complexity index is 2060. The molecule has 1 aliphatic carbocycles. The molecule has 0 spiro atoms. The Morgan fingerprint density at radius 3 is 0.980 bits per heavy atom. The van der Waals surface area contributed by atoms with Gasteiger partial charge in [-0.1, -0.05) is 290 Å². The van der Waals surface area contributed by atoms with Crippen LogP contribution in [0.1, 0.15) is 329 Å². The maximum absolute atomic E-state index is 14.4. The van der Waals surface area contributed by atoms with Gasteiger partial charge in [-0.2, -0.15) is 0 Å². The molecule has 0 amide bonds. The zero-order valence-electron chi connectivity index (χ0n) is 61.8. The van der Waals surface area contributed by atoms with Gasteiger partial charge < -0.3 is 89.1 Å². The average molecular weight is 1460 g/mol. The predicted octanol–water partition coefficient (Wildman–Crippen LogP) is 11.7. The Kier molecular flexibility index (Phi) is 52.7. The van der Waals surface area contributed by atoms with Gasteiger partial charge >= 0.3 is 25.7 Å². The lowest BCUT2D eigenvalue weighted by Crippen LogP contribution is -2.69. The van der Waals surface area contributed by atoms with Crippen molar-refractivity contribution >= 4 is 25.7 Å². The number of carbonyl (C=O) groups excluding carboxylic acids is 3. The van der Waals surface area contributed by atoms with Crippen molar-refractivity contribution < 1.29 is 117 Å². The molecule has 0 aromatic heterocycles. The topological polar surface area (TPSA) is 374 Å². The molecule has 3 aliphatic rings. The van der Waals surface area contributed by atoms with Crippen molar-refractivity contribution in [3.8, 4) is 0 Å². The molecule has 1 saturated carbocycles. The van der Waals surface area contributed by atoms with E-state index in [2.05, 4.69) is 20.8 Å². The van der Waals surface area contributed by atoms with Crippen LogP contribution in [0.4, 0.5) is 0 Å². The van der Waals surface area contributed by atoms with Crippen LogP contribution in [-0.4, -0.2) is 204 Å². The molecule has 3 rings (SSSR count). The number of carbonyl (C=O) groups is 3. The monoisotopic (exact) mass is 1460 g/mol. The standard InChI is InChI=1S/C75H141O24P/c1-4-7-10-13-16-19-22-25-28-29-30-33-36-39-42-45-48-51-61(79)94-56(53-91-59(77)49-46-43-40-37-34-31-26-23-20-17-14-11-8-5-2)54-93-100(89,90)99-73-71(97-74-69(87)64(82)62(80)57(52-76)95-74)67(85)66(84)68(86)72(73)98-75-70(88)65(83)63(81)58(96-75)55-92-60(78)50-47-44-41-38-35-32-27-24-21-18-15-12-9-6-3/h56-58,62-76,80-88H,4-55H2,1-3H3,(H,89,90). The van der Waals surface area contributed by atoms with E-state index >= 15 is 0 Å². The minimum Gasteiger partial charge on any atom is -0.463 e. The van der Waals surface area contributed by atoms with Crippen LogP contribution in [0.25, 0.3) is 0 Å². The predicted molar refractivity (Wildman–Crippen MR) is 379 cm³/mol. The SMILES string of the molecule is CCCCCCCCCCCCCCCCCCCC(=O)OC(COC(=O)CCCCCCCCCCCCCCCC)COP(=O)(O)OC1C(OC2OC(CO)C(O)C(O)C2O)C(O)C(O)C(O)C1OC1OC(COC(=O)CCCCCCCCCCCCCCCC)C(O)C(O)C1O. The highest BCUT2D eigenvalue weighted by Crippen LogP contribution is 2.49. The van der Waals surface area contributed by atoms with E-state index in [1.807, 2.05) is 0 Å². The zero-order chi connectivity index (χ0) is 73.2. The van der Waals surface area contributed by atoms with E-state index in [0.29, 0.717) is 19.3 Å². The van der Waals surface area contributed by atoms with Gasteiger partial charge in [0.05, 0.1) is 13.2 Å². The molecule has 100 heavy (non-hydrogen) atoms. The lowest BCUT2D eigenvalue weighted by atomic mass is 9.84. The normalized spacial score (nSPS) is 27.3. The third-order valence-electron chi connectivity index (χ3n) is 19.9. The van der Waals surface area contributed by atoms with Gasteiger partial charge in [-0.05, 0) is 19.3 Å². The highest BCUT2D eigenvalue weighted by atomic mass is 31.2. The number of phosphoric ester groups is 1. The highest BCUT2D eigenvalue weighted by Gasteiger charge is 2.58. The van der Waals surface area contributed by atoms with Crippen molar-refractivity contribution in [1.29, 1.82) is 0 Å². The minimum absolute atomic E-state index is 0.0325. The summed E-state index contributed by atoms with van der Waals surface area (Å²) in [7, 11) is -5.69. The van der Waals surface area contributed by atoms with Gasteiger partial charge in [0.2, 0.25) is 0 Å². The first kappa shape index (κ1) is 92.2. The largest absolute Gasteiger partial charge is 0.472 e. The quantitative estimate of drug-likeness (QED) is 0.0117. The van der Waals surface area contributed by atoms with Crippen LogP contribution >= 0.6 is 7.82 Å². The first-order valence-corrected chi connectivity index (χ1v) is 41.3. The van der Waals surface area contributed by atoms with E-state index in [1.54, 1.807) is 0 Å². The third kappa shape index (κ3) is 39.5. The third-order valence-corrected chi connectivity index (χ3v) is 20.9. The van der Waals surface area contributed by atoms with Gasteiger partial charge in [-0.25, -0.2) is 4.57 Å². The van der Waals surface area contributed by atoms with Gasteiger partial charge in [0.25, 0.3) is 0 Å². The molecular formula is C75H141O24P. The maximum Gasteiger partial charge on any atom is 0.472 e. The summed E-state index contributed by atoms with van der Waals surface area (Å²) >= 11 is 0. The summed E-state index contributed by atoms with van der Waals surface area (Å²) in [4.78, 5) is 51.1. The Morgan fingerprint density at radius 2 is 0.640 bits per heavy atom. The Morgan fingerprint density at radius 1 is 0.350 bits per heavy atom. The molecule has 0 aromatic carbocycles. The van der Waals surface area contributed by atoms with E-state index in [1.165, 1.54) is 180 Å². The molecule has 2 heterocycles. The number of hydrogen-bond donors (Lipinski definition) is 11. The molecule has 2 saturated heterocycles. The van der Waals surface area contributed by atoms with E-state index in [0.717, 1.165) is 89.9 Å². The molecule has 3 fully saturated rings. The number of ether oxygens (including phenoxy) is 7. The van der Waals surface area contributed by atoms with Crippen LogP contribution in [0.5, 0.6) is 0 Å². The summed E-state index contributed by atoms with van der Waals surface area (Å²) in [5.74, 6) is -1.97.